The van der Waals surface area contributed by atoms with Crippen LogP contribution in [0.15, 0.2) is 33.6 Å². The fourth-order valence-electron chi connectivity index (χ4n) is 2.02. The van der Waals surface area contributed by atoms with Crippen LogP contribution in [0, 0.1) is 0 Å². The van der Waals surface area contributed by atoms with Crippen molar-refractivity contribution < 1.29 is 23.4 Å². The Bertz CT molecular complexity index is 586. The fourth-order valence-corrected chi connectivity index (χ4v) is 3.91. The van der Waals surface area contributed by atoms with Crippen LogP contribution in [0.5, 0.6) is 0 Å². The number of carboxylic acid groups (broad SMARTS) is 1. The van der Waals surface area contributed by atoms with E-state index in [0.717, 1.165) is 8.78 Å². The summed E-state index contributed by atoms with van der Waals surface area (Å²) >= 11 is 3.20. The van der Waals surface area contributed by atoms with Crippen LogP contribution in [-0.2, 0) is 14.8 Å². The number of aliphatic hydroxyl groups is 1. The number of hydrogen-bond acceptors (Lipinski definition) is 4. The average Bonchev–Trinajstić information content (AvgIpc) is 2.73. The minimum Gasteiger partial charge on any atom is -0.480 e. The summed E-state index contributed by atoms with van der Waals surface area (Å²) < 4.78 is 26.2. The molecule has 2 rings (SSSR count). The lowest BCUT2D eigenvalue weighted by molar-refractivity contribution is -0.140. The number of β-amino-alcohol motifs (C(OH)–C–C–N with tert-alkyl or cyclic N) is 1. The summed E-state index contributed by atoms with van der Waals surface area (Å²) in [6, 6.07) is 4.69. The van der Waals surface area contributed by atoms with Gasteiger partial charge in [0.05, 0.1) is 11.0 Å². The summed E-state index contributed by atoms with van der Waals surface area (Å²) in [6.45, 7) is -0.199. The zero-order chi connectivity index (χ0) is 14.2. The van der Waals surface area contributed by atoms with Gasteiger partial charge in [-0.25, -0.2) is 8.42 Å². The first kappa shape index (κ1) is 14.4. The largest absolute Gasteiger partial charge is 0.480 e. The van der Waals surface area contributed by atoms with Gasteiger partial charge in [-0.05, 0) is 24.3 Å². The van der Waals surface area contributed by atoms with Gasteiger partial charge in [-0.1, -0.05) is 15.9 Å². The first-order valence-corrected chi connectivity index (χ1v) is 7.74. The Kier molecular flexibility index (Phi) is 3.95. The van der Waals surface area contributed by atoms with Gasteiger partial charge in [0, 0.05) is 17.4 Å². The summed E-state index contributed by atoms with van der Waals surface area (Å²) in [7, 11) is -3.91. The van der Waals surface area contributed by atoms with Gasteiger partial charge in [0.15, 0.2) is 0 Å². The van der Waals surface area contributed by atoms with Gasteiger partial charge in [-0.15, -0.1) is 0 Å². The first-order chi connectivity index (χ1) is 8.82. The van der Waals surface area contributed by atoms with E-state index in [-0.39, 0.29) is 17.9 Å². The van der Waals surface area contributed by atoms with Crippen LogP contribution >= 0.6 is 15.9 Å². The number of carboxylic acids is 1. The maximum absolute atomic E-state index is 12.3. The van der Waals surface area contributed by atoms with E-state index in [1.54, 1.807) is 12.1 Å². The number of hydrogen-bond donors (Lipinski definition) is 2. The predicted molar refractivity (Wildman–Crippen MR) is 70.1 cm³/mol. The van der Waals surface area contributed by atoms with Gasteiger partial charge in [-0.2, -0.15) is 4.31 Å². The summed E-state index contributed by atoms with van der Waals surface area (Å²) in [5.41, 5.74) is 0. The molecule has 0 amide bonds. The molecule has 0 spiro atoms. The zero-order valence-electron chi connectivity index (χ0n) is 9.73. The number of sulfonamides is 1. The molecule has 1 saturated heterocycles. The Morgan fingerprint density at radius 2 is 1.89 bits per heavy atom. The second-order valence-electron chi connectivity index (χ2n) is 4.27. The van der Waals surface area contributed by atoms with Crippen LogP contribution in [0.2, 0.25) is 0 Å². The van der Waals surface area contributed by atoms with Gasteiger partial charge in [0.1, 0.15) is 6.04 Å². The smallest absolute Gasteiger partial charge is 0.322 e. The average molecular weight is 350 g/mol. The van der Waals surface area contributed by atoms with Gasteiger partial charge in [-0.3, -0.25) is 4.79 Å². The highest BCUT2D eigenvalue weighted by Crippen LogP contribution is 2.27. The lowest BCUT2D eigenvalue weighted by atomic mass is 10.2. The minimum atomic E-state index is -3.91. The molecule has 0 aliphatic carbocycles. The molecule has 6 nitrogen and oxygen atoms in total. The quantitative estimate of drug-likeness (QED) is 0.835. The molecule has 1 aliphatic rings. The lowest BCUT2D eigenvalue weighted by Crippen LogP contribution is -2.40. The summed E-state index contributed by atoms with van der Waals surface area (Å²) in [4.78, 5) is 11.1. The summed E-state index contributed by atoms with van der Waals surface area (Å²) in [6.07, 6.45) is -1.04. The van der Waals surface area contributed by atoms with Crippen molar-refractivity contribution in [2.75, 3.05) is 6.54 Å². The lowest BCUT2D eigenvalue weighted by Gasteiger charge is -2.20. The van der Waals surface area contributed by atoms with E-state index < -0.39 is 28.1 Å². The highest BCUT2D eigenvalue weighted by Gasteiger charge is 2.43. The molecule has 2 atom stereocenters. The van der Waals surface area contributed by atoms with Crippen LogP contribution in [0.1, 0.15) is 6.42 Å². The predicted octanol–water partition coefficient (Wildman–Crippen LogP) is 0.658. The van der Waals surface area contributed by atoms with Crippen LogP contribution in [0.4, 0.5) is 0 Å². The molecule has 19 heavy (non-hydrogen) atoms. The molecule has 0 unspecified atom stereocenters. The molecule has 1 aliphatic heterocycles. The SMILES string of the molecule is O=C(O)[C@H]1C[C@@H](O)CN1S(=O)(=O)c1ccc(Br)cc1. The van der Waals surface area contributed by atoms with Crippen LogP contribution < -0.4 is 0 Å². The van der Waals surface area contributed by atoms with Crippen LogP contribution in [-0.4, -0.2) is 47.6 Å². The Morgan fingerprint density at radius 3 is 2.42 bits per heavy atom. The van der Waals surface area contributed by atoms with E-state index in [2.05, 4.69) is 15.9 Å². The molecule has 1 aromatic carbocycles. The molecular formula is C11H12BrNO5S. The number of carbonyl (C=O) groups is 1. The van der Waals surface area contributed by atoms with Crippen molar-refractivity contribution in [3.8, 4) is 0 Å². The monoisotopic (exact) mass is 349 g/mol. The molecule has 8 heteroatoms. The van der Waals surface area contributed by atoms with Crippen molar-refractivity contribution in [3.05, 3.63) is 28.7 Å². The minimum absolute atomic E-state index is 0.0102. The topological polar surface area (TPSA) is 94.9 Å². The molecule has 0 aromatic heterocycles. The van der Waals surface area contributed by atoms with Crippen molar-refractivity contribution in [1.82, 2.24) is 4.31 Å². The molecule has 104 valence electrons. The normalized spacial score (nSPS) is 24.5. The van der Waals surface area contributed by atoms with Crippen molar-refractivity contribution in [2.45, 2.75) is 23.5 Å². The van der Waals surface area contributed by atoms with E-state index in [0.29, 0.717) is 0 Å². The van der Waals surface area contributed by atoms with E-state index in [4.69, 9.17) is 5.11 Å². The maximum atomic E-state index is 12.3. The zero-order valence-corrected chi connectivity index (χ0v) is 12.1. The highest BCUT2D eigenvalue weighted by atomic mass is 79.9. The third kappa shape index (κ3) is 2.81. The Morgan fingerprint density at radius 1 is 1.32 bits per heavy atom. The van der Waals surface area contributed by atoms with Gasteiger partial charge < -0.3 is 10.2 Å². The second kappa shape index (κ2) is 5.20. The molecular weight excluding hydrogens is 338 g/mol. The molecule has 2 N–H and O–H groups in total. The maximum Gasteiger partial charge on any atom is 0.322 e. The number of aliphatic hydroxyl groups excluding tert-OH is 1. The molecule has 1 aromatic rings. The van der Waals surface area contributed by atoms with Gasteiger partial charge >= 0.3 is 5.97 Å². The van der Waals surface area contributed by atoms with Gasteiger partial charge in [0.25, 0.3) is 0 Å². The molecule has 0 radical (unpaired) electrons. The van der Waals surface area contributed by atoms with E-state index >= 15 is 0 Å². The Labute approximate surface area is 118 Å². The van der Waals surface area contributed by atoms with E-state index in [1.165, 1.54) is 12.1 Å². The Balaban J connectivity index is 2.38. The van der Waals surface area contributed by atoms with Crippen molar-refractivity contribution in [3.63, 3.8) is 0 Å². The van der Waals surface area contributed by atoms with Crippen molar-refractivity contribution in [2.24, 2.45) is 0 Å². The third-order valence-electron chi connectivity index (χ3n) is 2.94. The number of nitrogens with zero attached hydrogens (tertiary/aromatic N) is 1. The second-order valence-corrected chi connectivity index (χ2v) is 7.08. The molecule has 0 saturated carbocycles. The Hall–Kier alpha value is -0.960. The first-order valence-electron chi connectivity index (χ1n) is 5.50. The molecule has 0 bridgehead atoms. The highest BCUT2D eigenvalue weighted by molar-refractivity contribution is 9.10. The van der Waals surface area contributed by atoms with Crippen LogP contribution in [0.3, 0.4) is 0 Å². The number of benzene rings is 1. The standard InChI is InChI=1S/C11H12BrNO5S/c12-7-1-3-9(4-2-7)19(17,18)13-6-8(14)5-10(13)11(15)16/h1-4,8,10,14H,5-6H2,(H,15,16)/t8-,10-/m1/s1. The van der Waals surface area contributed by atoms with Gasteiger partial charge in [0.2, 0.25) is 10.0 Å². The summed E-state index contributed by atoms with van der Waals surface area (Å²) in [5.74, 6) is -1.25. The number of aliphatic carboxylic acids is 1. The molecule has 1 fully saturated rings. The summed E-state index contributed by atoms with van der Waals surface area (Å²) in [5, 5.41) is 18.5. The molecule has 1 heterocycles. The van der Waals surface area contributed by atoms with E-state index in [1.807, 2.05) is 0 Å². The number of rotatable bonds is 3. The van der Waals surface area contributed by atoms with Crippen LogP contribution in [0.25, 0.3) is 0 Å². The van der Waals surface area contributed by atoms with Crippen molar-refractivity contribution >= 4 is 31.9 Å². The fraction of sp³-hybridized carbons (Fsp3) is 0.364. The third-order valence-corrected chi connectivity index (χ3v) is 5.36. The van der Waals surface area contributed by atoms with E-state index in [9.17, 15) is 18.3 Å². The number of halogens is 1. The van der Waals surface area contributed by atoms with Crippen molar-refractivity contribution in [1.29, 1.82) is 0 Å².